The Morgan fingerprint density at radius 3 is 2.58 bits per heavy atom. The van der Waals surface area contributed by atoms with E-state index >= 15 is 0 Å². The number of rotatable bonds is 15. The first-order valence-corrected chi connectivity index (χ1v) is 20.0. The summed E-state index contributed by atoms with van der Waals surface area (Å²) in [5, 5.41) is 26.6. The van der Waals surface area contributed by atoms with Gasteiger partial charge in [-0.25, -0.2) is 18.0 Å². The molecule has 0 amide bonds. The monoisotopic (exact) mass is 770 g/mol. The van der Waals surface area contributed by atoms with Crippen LogP contribution in [0.15, 0.2) is 36.7 Å². The van der Waals surface area contributed by atoms with E-state index in [9.17, 15) is 28.0 Å². The molecule has 19 nitrogen and oxygen atoms in total. The number of nitrogens with one attached hydrogen (secondary N) is 2. The number of hydrazine groups is 1. The van der Waals surface area contributed by atoms with Crippen LogP contribution in [0, 0.1) is 5.92 Å². The molecule has 52 heavy (non-hydrogen) atoms. The molecule has 6 N–H and O–H groups in total. The average molecular weight is 771 g/mol. The Labute approximate surface area is 301 Å². The molecule has 7 atom stereocenters. The first kappa shape index (κ1) is 39.7. The van der Waals surface area contributed by atoms with Crippen LogP contribution in [-0.2, 0) is 38.1 Å². The summed E-state index contributed by atoms with van der Waals surface area (Å²) in [4.78, 5) is 28.2. The van der Waals surface area contributed by atoms with Crippen LogP contribution in [0.4, 0.5) is 11.8 Å². The lowest BCUT2D eigenvalue weighted by atomic mass is 9.87. The smallest absolute Gasteiger partial charge is 0.459 e. The largest absolute Gasteiger partial charge is 0.464 e. The van der Waals surface area contributed by atoms with Gasteiger partial charge in [0, 0.05) is 20.1 Å². The normalized spacial score (nSPS) is 26.6. The van der Waals surface area contributed by atoms with Gasteiger partial charge in [0.25, 0.3) is 0 Å². The number of anilines is 2. The summed E-state index contributed by atoms with van der Waals surface area (Å²) >= 11 is 0. The van der Waals surface area contributed by atoms with Gasteiger partial charge in [-0.3, -0.25) is 18.9 Å². The number of sulfonamides is 1. The standard InChI is InChI=1S/C31H47N8O11PS/c1-30(2,28(41)47-16-19-12-10-11-15-21(19)46-5)36-51(43,50-20-13-8-7-9-14-20)48-17-22-24(40)31(3,42)27(49-22)39-18-33-23-25(34-29(32)35-26(23)39)38(4)37-52(6,44)45/h7-9,13-14,18-19,21-22,24,27,37,40,42H,10-12,15-17H2,1-6H3,(H,36,43)(H2,32,34,35)/t19?,21-,22?,24-,27?,31-,51?/m1/s1. The number of benzene rings is 1. The second kappa shape index (κ2) is 15.5. The summed E-state index contributed by atoms with van der Waals surface area (Å²) in [5.41, 5.74) is 2.52. The maximum Gasteiger partial charge on any atom is 0.459 e. The van der Waals surface area contributed by atoms with Crippen molar-refractivity contribution in [2.45, 2.75) is 82.1 Å². The topological polar surface area (TPSA) is 252 Å². The number of para-hydroxylation sites is 1. The number of nitrogen functional groups attached to an aromatic ring is 1. The Morgan fingerprint density at radius 1 is 1.21 bits per heavy atom. The number of ether oxygens (including phenoxy) is 3. The van der Waals surface area contributed by atoms with E-state index in [-0.39, 0.29) is 47.3 Å². The number of hydrogen-bond acceptors (Lipinski definition) is 16. The Balaban J connectivity index is 1.35. The minimum atomic E-state index is -4.44. The van der Waals surface area contributed by atoms with Gasteiger partial charge in [0.05, 0.1) is 31.9 Å². The molecule has 21 heteroatoms. The molecule has 3 heterocycles. The molecule has 1 saturated carbocycles. The van der Waals surface area contributed by atoms with Gasteiger partial charge in [-0.1, -0.05) is 31.0 Å². The lowest BCUT2D eigenvalue weighted by Gasteiger charge is -2.32. The van der Waals surface area contributed by atoms with Gasteiger partial charge in [-0.2, -0.15) is 15.1 Å². The molecule has 1 aliphatic carbocycles. The summed E-state index contributed by atoms with van der Waals surface area (Å²) < 4.78 is 68.3. The maximum absolute atomic E-state index is 14.4. The predicted octanol–water partition coefficient (Wildman–Crippen LogP) is 1.64. The number of aliphatic hydroxyl groups excluding tert-OH is 1. The molecule has 1 saturated heterocycles. The highest BCUT2D eigenvalue weighted by Gasteiger charge is 2.54. The van der Waals surface area contributed by atoms with E-state index in [1.807, 2.05) is 0 Å². The van der Waals surface area contributed by atoms with Gasteiger partial charge in [0.2, 0.25) is 16.0 Å². The number of fused-ring (bicyclic) bond motifs is 1. The van der Waals surface area contributed by atoms with Gasteiger partial charge in [0.15, 0.2) is 23.2 Å². The van der Waals surface area contributed by atoms with Crippen molar-refractivity contribution in [3.8, 4) is 5.75 Å². The van der Waals surface area contributed by atoms with E-state index in [2.05, 4.69) is 24.9 Å². The maximum atomic E-state index is 14.4. The van der Waals surface area contributed by atoms with Crippen molar-refractivity contribution in [2.24, 2.45) is 5.92 Å². The van der Waals surface area contributed by atoms with Crippen molar-refractivity contribution in [3.05, 3.63) is 36.7 Å². The lowest BCUT2D eigenvalue weighted by Crippen LogP contribution is -2.48. The molecule has 288 valence electrons. The minimum absolute atomic E-state index is 0.00761. The number of aromatic nitrogens is 4. The minimum Gasteiger partial charge on any atom is -0.464 e. The number of esters is 1. The number of imidazole rings is 1. The third kappa shape index (κ3) is 9.00. The molecule has 1 aromatic carbocycles. The predicted molar refractivity (Wildman–Crippen MR) is 188 cm³/mol. The number of carbonyl (C=O) groups is 1. The quantitative estimate of drug-likeness (QED) is 0.0837. The molecule has 0 bridgehead atoms. The van der Waals surface area contributed by atoms with Crippen molar-refractivity contribution < 1.29 is 51.2 Å². The molecule has 0 radical (unpaired) electrons. The van der Waals surface area contributed by atoms with Crippen LogP contribution in [-0.4, -0.2) is 107 Å². The van der Waals surface area contributed by atoms with Crippen LogP contribution >= 0.6 is 7.75 Å². The third-order valence-corrected chi connectivity index (χ3v) is 11.3. The fourth-order valence-corrected chi connectivity index (χ4v) is 8.56. The Hall–Kier alpha value is -3.46. The number of nitrogens with two attached hydrogens (primary N) is 1. The molecular formula is C31H47N8O11PS. The highest BCUT2D eigenvalue weighted by molar-refractivity contribution is 7.88. The Bertz CT molecular complexity index is 1880. The summed E-state index contributed by atoms with van der Waals surface area (Å²) in [5.74, 6) is -0.741. The summed E-state index contributed by atoms with van der Waals surface area (Å²) in [7, 11) is -5.12. The molecular weight excluding hydrogens is 723 g/mol. The van der Waals surface area contributed by atoms with Gasteiger partial charge >= 0.3 is 13.7 Å². The first-order chi connectivity index (χ1) is 24.3. The van der Waals surface area contributed by atoms with Crippen molar-refractivity contribution in [1.29, 1.82) is 0 Å². The molecule has 3 aromatic rings. The second-order valence-corrected chi connectivity index (χ2v) is 17.1. The molecule has 5 rings (SSSR count). The summed E-state index contributed by atoms with van der Waals surface area (Å²) in [6, 6.07) is 8.15. The van der Waals surface area contributed by atoms with Crippen molar-refractivity contribution in [3.63, 3.8) is 0 Å². The van der Waals surface area contributed by atoms with E-state index in [4.69, 9.17) is 29.0 Å². The van der Waals surface area contributed by atoms with E-state index in [0.29, 0.717) is 0 Å². The van der Waals surface area contributed by atoms with Crippen LogP contribution in [0.1, 0.15) is 52.7 Å². The molecule has 1 aliphatic heterocycles. The molecule has 0 spiro atoms. The van der Waals surface area contributed by atoms with Crippen LogP contribution in [0.5, 0.6) is 5.75 Å². The van der Waals surface area contributed by atoms with Crippen LogP contribution in [0.3, 0.4) is 0 Å². The van der Waals surface area contributed by atoms with Crippen molar-refractivity contribution >= 4 is 46.7 Å². The van der Waals surface area contributed by atoms with Crippen LogP contribution in [0.25, 0.3) is 11.2 Å². The highest BCUT2D eigenvalue weighted by atomic mass is 32.2. The highest BCUT2D eigenvalue weighted by Crippen LogP contribution is 2.48. The number of nitrogens with zero attached hydrogens (tertiary/aromatic N) is 5. The molecule has 2 aromatic heterocycles. The van der Waals surface area contributed by atoms with Gasteiger partial charge in [-0.05, 0) is 45.7 Å². The van der Waals surface area contributed by atoms with Crippen LogP contribution < -0.4 is 25.2 Å². The zero-order valence-electron chi connectivity index (χ0n) is 29.8. The molecule has 2 fully saturated rings. The first-order valence-electron chi connectivity index (χ1n) is 16.6. The van der Waals surface area contributed by atoms with Gasteiger partial charge < -0.3 is 34.7 Å². The summed E-state index contributed by atoms with van der Waals surface area (Å²) in [6.45, 7) is 3.81. The van der Waals surface area contributed by atoms with Crippen molar-refractivity contribution in [2.75, 3.05) is 44.4 Å². The van der Waals surface area contributed by atoms with E-state index in [0.717, 1.165) is 36.9 Å². The SMILES string of the molecule is CO[C@@H]1CCCCC1COC(=O)C(C)(C)NP(=O)(OCC1OC(n2cnc3c(N(C)NS(C)(=O)=O)nc(N)nc32)[C@](C)(O)[C@@H]1O)Oc1ccccc1. The van der Waals surface area contributed by atoms with Gasteiger partial charge in [0.1, 0.15) is 29.1 Å². The zero-order valence-corrected chi connectivity index (χ0v) is 31.5. The van der Waals surface area contributed by atoms with Crippen LogP contribution in [0.2, 0.25) is 0 Å². The lowest BCUT2D eigenvalue weighted by molar-refractivity contribution is -0.153. The van der Waals surface area contributed by atoms with E-state index in [1.54, 1.807) is 37.4 Å². The Morgan fingerprint density at radius 2 is 1.90 bits per heavy atom. The fraction of sp³-hybridized carbons (Fsp3) is 0.613. The number of carbonyl (C=O) groups excluding carboxylic acids is 1. The van der Waals surface area contributed by atoms with Gasteiger partial charge in [-0.15, -0.1) is 4.83 Å². The van der Waals surface area contributed by atoms with E-state index < -0.39 is 59.9 Å². The average Bonchev–Trinajstić information content (AvgIpc) is 3.58. The van der Waals surface area contributed by atoms with Crippen molar-refractivity contribution in [1.82, 2.24) is 29.4 Å². The fourth-order valence-electron chi connectivity index (χ4n) is 6.29. The molecule has 4 unspecified atom stereocenters. The summed E-state index contributed by atoms with van der Waals surface area (Å²) in [6.07, 6.45) is 1.68. The molecule has 2 aliphatic rings. The Kier molecular flexibility index (Phi) is 11.8. The number of methoxy groups -OCH3 is 1. The number of aliphatic hydroxyl groups is 2. The second-order valence-electron chi connectivity index (χ2n) is 13.7. The third-order valence-electron chi connectivity index (χ3n) is 8.92. The zero-order chi connectivity index (χ0) is 38.1. The van der Waals surface area contributed by atoms with E-state index in [1.165, 1.54) is 38.7 Å². The number of hydrogen-bond donors (Lipinski definition) is 5.